The molecule has 0 fully saturated rings. The number of aliphatic hydroxyl groups excluding tert-OH is 2. The Morgan fingerprint density at radius 2 is 1.83 bits per heavy atom. The predicted octanol–water partition coefficient (Wildman–Crippen LogP) is 2.13. The maximum atomic E-state index is 12.5. The van der Waals surface area contributed by atoms with Crippen molar-refractivity contribution in [2.75, 3.05) is 5.75 Å². The van der Waals surface area contributed by atoms with Crippen LogP contribution >= 0.6 is 12.6 Å². The Kier molecular flexibility index (Phi) is 4.89. The topological polar surface area (TPSA) is 60.7 Å². The third kappa shape index (κ3) is 3.54. The normalized spacial score (nSPS) is 15.4. The van der Waals surface area contributed by atoms with E-state index in [0.29, 0.717) is 12.1 Å². The van der Waals surface area contributed by atoms with Gasteiger partial charge < -0.3 is 15.3 Å². The van der Waals surface area contributed by atoms with E-state index in [1.807, 2.05) is 0 Å². The highest BCUT2D eigenvalue weighted by atomic mass is 32.1. The number of rotatable bonds is 4. The van der Waals surface area contributed by atoms with Crippen molar-refractivity contribution in [3.05, 3.63) is 29.3 Å². The summed E-state index contributed by atoms with van der Waals surface area (Å²) in [5, 5.41) is 28.6. The van der Waals surface area contributed by atoms with Crippen LogP contribution in [0.4, 0.5) is 13.2 Å². The van der Waals surface area contributed by atoms with E-state index >= 15 is 0 Å². The first-order chi connectivity index (χ1) is 8.27. The number of benzene rings is 1. The van der Waals surface area contributed by atoms with Gasteiger partial charge in [0.1, 0.15) is 11.9 Å². The van der Waals surface area contributed by atoms with E-state index in [2.05, 4.69) is 12.6 Å². The van der Waals surface area contributed by atoms with E-state index in [0.717, 1.165) is 6.07 Å². The van der Waals surface area contributed by atoms with Crippen LogP contribution in [0.25, 0.3) is 0 Å². The first-order valence-electron chi connectivity index (χ1n) is 5.14. The maximum absolute atomic E-state index is 12.5. The van der Waals surface area contributed by atoms with Crippen molar-refractivity contribution >= 4 is 12.6 Å². The maximum Gasteiger partial charge on any atom is 0.416 e. The van der Waals surface area contributed by atoms with Crippen molar-refractivity contribution in [1.82, 2.24) is 0 Å². The fraction of sp³-hybridized carbons (Fsp3) is 0.455. The molecule has 1 aromatic carbocycles. The van der Waals surface area contributed by atoms with Crippen LogP contribution < -0.4 is 0 Å². The Balaban J connectivity index is 3.08. The zero-order valence-corrected chi connectivity index (χ0v) is 10.1. The lowest BCUT2D eigenvalue weighted by atomic mass is 9.99. The summed E-state index contributed by atoms with van der Waals surface area (Å²) in [4.78, 5) is 0. The van der Waals surface area contributed by atoms with E-state index in [4.69, 9.17) is 0 Å². The minimum atomic E-state index is -4.57. The Bertz CT molecular complexity index is 409. The summed E-state index contributed by atoms with van der Waals surface area (Å²) in [5.41, 5.74) is -1.34. The minimum Gasteiger partial charge on any atom is -0.508 e. The van der Waals surface area contributed by atoms with Gasteiger partial charge in [0, 0.05) is 5.56 Å². The van der Waals surface area contributed by atoms with Gasteiger partial charge in [-0.3, -0.25) is 0 Å². The summed E-state index contributed by atoms with van der Waals surface area (Å²) in [7, 11) is 0. The van der Waals surface area contributed by atoms with E-state index in [9.17, 15) is 28.5 Å². The SMILES string of the molecule is Oc1ccc(C(F)(F)F)cc1C(O)C(O)CCS. The number of alkyl halides is 3. The Labute approximate surface area is 107 Å². The fourth-order valence-corrected chi connectivity index (χ4v) is 1.73. The lowest BCUT2D eigenvalue weighted by molar-refractivity contribution is -0.137. The van der Waals surface area contributed by atoms with Crippen molar-refractivity contribution < 1.29 is 28.5 Å². The van der Waals surface area contributed by atoms with Crippen LogP contribution in [0.15, 0.2) is 18.2 Å². The largest absolute Gasteiger partial charge is 0.508 e. The molecule has 2 unspecified atom stereocenters. The number of phenols is 1. The highest BCUT2D eigenvalue weighted by molar-refractivity contribution is 7.80. The van der Waals surface area contributed by atoms with Gasteiger partial charge in [-0.25, -0.2) is 0 Å². The standard InChI is InChI=1S/C11H13F3O3S/c12-11(13,14)6-1-2-8(15)7(5-6)10(17)9(16)3-4-18/h1-2,5,9-10,15-18H,3-4H2. The molecule has 0 aliphatic rings. The number of phenolic OH excluding ortho intramolecular Hbond substituents is 1. The summed E-state index contributed by atoms with van der Waals surface area (Å²) in [6.45, 7) is 0. The van der Waals surface area contributed by atoms with Crippen molar-refractivity contribution in [1.29, 1.82) is 0 Å². The first-order valence-corrected chi connectivity index (χ1v) is 5.77. The molecular weight excluding hydrogens is 269 g/mol. The molecule has 0 spiro atoms. The third-order valence-corrected chi connectivity index (χ3v) is 2.72. The van der Waals surface area contributed by atoms with Crippen LogP contribution in [0.2, 0.25) is 0 Å². The van der Waals surface area contributed by atoms with Crippen molar-refractivity contribution in [2.45, 2.75) is 24.8 Å². The zero-order chi connectivity index (χ0) is 13.9. The van der Waals surface area contributed by atoms with Crippen LogP contribution in [0.1, 0.15) is 23.7 Å². The minimum absolute atomic E-state index is 0.0972. The van der Waals surface area contributed by atoms with Gasteiger partial charge in [0.15, 0.2) is 0 Å². The number of aromatic hydroxyl groups is 1. The second-order valence-electron chi connectivity index (χ2n) is 3.80. The van der Waals surface area contributed by atoms with Crippen LogP contribution in [0.3, 0.4) is 0 Å². The van der Waals surface area contributed by atoms with Gasteiger partial charge in [-0.05, 0) is 30.4 Å². The molecule has 0 aliphatic carbocycles. The molecule has 0 saturated carbocycles. The number of hydrogen-bond acceptors (Lipinski definition) is 4. The summed E-state index contributed by atoms with van der Waals surface area (Å²) in [6, 6.07) is 2.17. The molecule has 3 N–H and O–H groups in total. The molecule has 1 aromatic rings. The highest BCUT2D eigenvalue weighted by Crippen LogP contribution is 2.35. The average molecular weight is 282 g/mol. The molecular formula is C11H13F3O3S. The fourth-order valence-electron chi connectivity index (χ4n) is 1.47. The molecule has 0 bridgehead atoms. The number of thiol groups is 1. The lowest BCUT2D eigenvalue weighted by Gasteiger charge is -2.19. The van der Waals surface area contributed by atoms with Crippen LogP contribution in [-0.2, 0) is 6.18 Å². The van der Waals surface area contributed by atoms with Gasteiger partial charge in [-0.1, -0.05) is 0 Å². The Morgan fingerprint density at radius 1 is 1.22 bits per heavy atom. The van der Waals surface area contributed by atoms with Gasteiger partial charge in [0.2, 0.25) is 0 Å². The smallest absolute Gasteiger partial charge is 0.416 e. The molecule has 0 saturated heterocycles. The molecule has 0 heterocycles. The molecule has 102 valence electrons. The van der Waals surface area contributed by atoms with Crippen LogP contribution in [0.5, 0.6) is 5.75 Å². The van der Waals surface area contributed by atoms with Crippen LogP contribution in [0, 0.1) is 0 Å². The number of halogens is 3. The van der Waals surface area contributed by atoms with E-state index in [1.54, 1.807) is 0 Å². The lowest BCUT2D eigenvalue weighted by Crippen LogP contribution is -2.19. The second kappa shape index (κ2) is 5.81. The highest BCUT2D eigenvalue weighted by Gasteiger charge is 2.32. The molecule has 2 atom stereocenters. The molecule has 0 aromatic heterocycles. The molecule has 3 nitrogen and oxygen atoms in total. The summed E-state index contributed by atoms with van der Waals surface area (Å²) >= 11 is 3.85. The molecule has 7 heteroatoms. The Hall–Kier alpha value is -0.920. The summed E-state index contributed by atoms with van der Waals surface area (Å²) in [6.07, 6.45) is -7.34. The molecule has 0 radical (unpaired) electrons. The predicted molar refractivity (Wildman–Crippen MR) is 62.5 cm³/mol. The van der Waals surface area contributed by atoms with Crippen molar-refractivity contribution in [3.8, 4) is 5.75 Å². The van der Waals surface area contributed by atoms with Gasteiger partial charge in [0.05, 0.1) is 11.7 Å². The molecule has 18 heavy (non-hydrogen) atoms. The first kappa shape index (κ1) is 15.1. The van der Waals surface area contributed by atoms with E-state index < -0.39 is 29.7 Å². The van der Waals surface area contributed by atoms with Gasteiger partial charge in [-0.15, -0.1) is 0 Å². The average Bonchev–Trinajstić information content (AvgIpc) is 2.27. The molecule has 0 aliphatic heterocycles. The molecule has 0 amide bonds. The second-order valence-corrected chi connectivity index (χ2v) is 4.24. The summed E-state index contributed by atoms with van der Waals surface area (Å²) in [5.74, 6) is -0.230. The zero-order valence-electron chi connectivity index (χ0n) is 9.22. The number of aliphatic hydroxyl groups is 2. The van der Waals surface area contributed by atoms with E-state index in [1.165, 1.54) is 0 Å². The summed E-state index contributed by atoms with van der Waals surface area (Å²) < 4.78 is 37.4. The third-order valence-electron chi connectivity index (χ3n) is 2.46. The quantitative estimate of drug-likeness (QED) is 0.640. The molecule has 1 rings (SSSR count). The number of hydrogen-bond donors (Lipinski definition) is 4. The van der Waals surface area contributed by atoms with Crippen molar-refractivity contribution in [2.24, 2.45) is 0 Å². The van der Waals surface area contributed by atoms with Crippen molar-refractivity contribution in [3.63, 3.8) is 0 Å². The van der Waals surface area contributed by atoms with Gasteiger partial charge >= 0.3 is 6.18 Å². The Morgan fingerprint density at radius 3 is 2.33 bits per heavy atom. The van der Waals surface area contributed by atoms with Gasteiger partial charge in [0.25, 0.3) is 0 Å². The monoisotopic (exact) mass is 282 g/mol. The van der Waals surface area contributed by atoms with E-state index in [-0.39, 0.29) is 17.7 Å². The van der Waals surface area contributed by atoms with Gasteiger partial charge in [-0.2, -0.15) is 25.8 Å². The van der Waals surface area contributed by atoms with Crippen LogP contribution in [-0.4, -0.2) is 27.2 Å².